The Morgan fingerprint density at radius 1 is 1.35 bits per heavy atom. The minimum Gasteiger partial charge on any atom is -0.367 e. The van der Waals surface area contributed by atoms with Gasteiger partial charge in [-0.05, 0) is 44.0 Å². The second-order valence-corrected chi connectivity index (χ2v) is 7.29. The summed E-state index contributed by atoms with van der Waals surface area (Å²) in [6.45, 7) is 12.4. The summed E-state index contributed by atoms with van der Waals surface area (Å²) in [5.74, 6) is 1.24. The van der Waals surface area contributed by atoms with E-state index in [0.29, 0.717) is 11.3 Å². The van der Waals surface area contributed by atoms with Crippen LogP contribution in [0.1, 0.15) is 38.3 Å². The number of aryl methyl sites for hydroxylation is 1. The zero-order valence-electron chi connectivity index (χ0n) is 13.3. The maximum atomic E-state index is 3.48. The molecule has 1 fully saturated rings. The molecule has 0 amide bonds. The molecule has 1 aromatic carbocycles. The maximum absolute atomic E-state index is 3.48. The van der Waals surface area contributed by atoms with Gasteiger partial charge in [0.05, 0.1) is 0 Å². The van der Waals surface area contributed by atoms with Crippen molar-refractivity contribution in [2.24, 2.45) is 0 Å². The van der Waals surface area contributed by atoms with Gasteiger partial charge in [0.1, 0.15) is 0 Å². The van der Waals surface area contributed by atoms with Crippen LogP contribution in [0.4, 0.5) is 5.69 Å². The van der Waals surface area contributed by atoms with Gasteiger partial charge in [0.25, 0.3) is 0 Å². The zero-order valence-corrected chi connectivity index (χ0v) is 14.1. The van der Waals surface area contributed by atoms with E-state index < -0.39 is 0 Å². The van der Waals surface area contributed by atoms with Crippen LogP contribution in [0.3, 0.4) is 0 Å². The molecule has 3 heteroatoms. The van der Waals surface area contributed by atoms with E-state index in [4.69, 9.17) is 0 Å². The van der Waals surface area contributed by atoms with Gasteiger partial charge in [-0.2, -0.15) is 11.8 Å². The van der Waals surface area contributed by atoms with Crippen LogP contribution < -0.4 is 10.2 Å². The zero-order chi connectivity index (χ0) is 14.5. The third-order valence-electron chi connectivity index (χ3n) is 4.21. The van der Waals surface area contributed by atoms with Crippen LogP contribution >= 0.6 is 11.8 Å². The molecule has 20 heavy (non-hydrogen) atoms. The van der Waals surface area contributed by atoms with Crippen molar-refractivity contribution in [1.29, 1.82) is 0 Å². The van der Waals surface area contributed by atoms with Crippen molar-refractivity contribution in [2.75, 3.05) is 23.7 Å². The molecule has 1 heterocycles. The van der Waals surface area contributed by atoms with Crippen molar-refractivity contribution in [1.82, 2.24) is 5.32 Å². The van der Waals surface area contributed by atoms with Crippen LogP contribution in [0.2, 0.25) is 0 Å². The molecule has 0 radical (unpaired) electrons. The lowest BCUT2D eigenvalue weighted by molar-refractivity contribution is 0.625. The molecule has 1 aliphatic rings. The van der Waals surface area contributed by atoms with Crippen molar-refractivity contribution in [3.8, 4) is 0 Å². The molecule has 1 saturated heterocycles. The fraction of sp³-hybridized carbons (Fsp3) is 0.647. The van der Waals surface area contributed by atoms with Gasteiger partial charge in [0.15, 0.2) is 0 Å². The smallest absolute Gasteiger partial charge is 0.0399 e. The number of nitrogens with one attached hydrogen (secondary N) is 1. The van der Waals surface area contributed by atoms with E-state index in [1.165, 1.54) is 35.5 Å². The first kappa shape index (κ1) is 15.7. The highest BCUT2D eigenvalue weighted by Gasteiger charge is 2.26. The quantitative estimate of drug-likeness (QED) is 0.831. The molecule has 1 N–H and O–H groups in total. The predicted molar refractivity (Wildman–Crippen MR) is 91.9 cm³/mol. The number of hydrogen-bond acceptors (Lipinski definition) is 3. The number of anilines is 1. The lowest BCUT2D eigenvalue weighted by Crippen LogP contribution is -2.45. The minimum absolute atomic E-state index is 0.622. The van der Waals surface area contributed by atoms with E-state index in [1.807, 2.05) is 0 Å². The number of rotatable bonds is 5. The fourth-order valence-corrected chi connectivity index (χ4v) is 3.93. The summed E-state index contributed by atoms with van der Waals surface area (Å²) in [6, 6.07) is 7.56. The molecule has 2 atom stereocenters. The lowest BCUT2D eigenvalue weighted by Gasteiger charge is -2.40. The Balaban J connectivity index is 2.08. The van der Waals surface area contributed by atoms with Crippen LogP contribution in [0.5, 0.6) is 0 Å². The highest BCUT2D eigenvalue weighted by atomic mass is 32.2. The van der Waals surface area contributed by atoms with E-state index in [1.54, 1.807) is 0 Å². The van der Waals surface area contributed by atoms with Gasteiger partial charge in [-0.15, -0.1) is 0 Å². The Morgan fingerprint density at radius 2 is 2.15 bits per heavy atom. The van der Waals surface area contributed by atoms with Crippen molar-refractivity contribution in [2.45, 2.75) is 52.0 Å². The van der Waals surface area contributed by atoms with Crippen LogP contribution in [-0.4, -0.2) is 30.1 Å². The molecule has 2 rings (SSSR count). The number of hydrogen-bond donors (Lipinski definition) is 1. The average Bonchev–Trinajstić information content (AvgIpc) is 2.43. The van der Waals surface area contributed by atoms with E-state index >= 15 is 0 Å². The van der Waals surface area contributed by atoms with Gasteiger partial charge in [0.2, 0.25) is 0 Å². The molecule has 112 valence electrons. The molecule has 1 aromatic rings. The van der Waals surface area contributed by atoms with Crippen molar-refractivity contribution in [3.63, 3.8) is 0 Å². The Hall–Kier alpha value is -0.670. The predicted octanol–water partition coefficient (Wildman–Crippen LogP) is 3.82. The molecular weight excluding hydrogens is 264 g/mol. The molecule has 0 spiro atoms. The van der Waals surface area contributed by atoms with Crippen LogP contribution in [-0.2, 0) is 6.54 Å². The second-order valence-electron chi connectivity index (χ2n) is 5.81. The summed E-state index contributed by atoms with van der Waals surface area (Å²) in [7, 11) is 0. The molecule has 0 aliphatic carbocycles. The van der Waals surface area contributed by atoms with Crippen LogP contribution in [0, 0.1) is 6.92 Å². The molecule has 0 bridgehead atoms. The minimum atomic E-state index is 0.622. The van der Waals surface area contributed by atoms with Crippen LogP contribution in [0.15, 0.2) is 18.2 Å². The molecular formula is C17H28N2S. The summed E-state index contributed by atoms with van der Waals surface area (Å²) in [6.07, 6.45) is 1.19. The standard InChI is InChI=1S/C17H28N2S/c1-5-8-18-12-16-6-7-17(13(2)11-16)19-9-10-20-15(4)14(19)3/h6-7,11,14-15,18H,5,8-10,12H2,1-4H3. The Morgan fingerprint density at radius 3 is 2.85 bits per heavy atom. The highest BCUT2D eigenvalue weighted by Crippen LogP contribution is 2.31. The number of nitrogens with zero attached hydrogens (tertiary/aromatic N) is 1. The molecule has 0 saturated carbocycles. The Kier molecular flexibility index (Phi) is 5.79. The first-order valence-electron chi connectivity index (χ1n) is 7.82. The molecule has 2 unspecified atom stereocenters. The Bertz CT molecular complexity index is 433. The van der Waals surface area contributed by atoms with Gasteiger partial charge < -0.3 is 10.2 Å². The third kappa shape index (κ3) is 3.70. The average molecular weight is 292 g/mol. The topological polar surface area (TPSA) is 15.3 Å². The normalized spacial score (nSPS) is 23.1. The van der Waals surface area contributed by atoms with Crippen molar-refractivity contribution in [3.05, 3.63) is 29.3 Å². The third-order valence-corrected chi connectivity index (χ3v) is 5.55. The summed E-state index contributed by atoms with van der Waals surface area (Å²) in [4.78, 5) is 2.58. The molecule has 0 aromatic heterocycles. The van der Waals surface area contributed by atoms with E-state index in [0.717, 1.165) is 13.1 Å². The van der Waals surface area contributed by atoms with Crippen molar-refractivity contribution >= 4 is 17.4 Å². The SMILES string of the molecule is CCCNCc1ccc(N2CCSC(C)C2C)c(C)c1. The maximum Gasteiger partial charge on any atom is 0.0399 e. The largest absolute Gasteiger partial charge is 0.367 e. The lowest BCUT2D eigenvalue weighted by atomic mass is 10.1. The molecule has 2 nitrogen and oxygen atoms in total. The van der Waals surface area contributed by atoms with E-state index in [2.05, 4.69) is 67.9 Å². The van der Waals surface area contributed by atoms with Gasteiger partial charge in [-0.1, -0.05) is 26.0 Å². The summed E-state index contributed by atoms with van der Waals surface area (Å²) < 4.78 is 0. The summed E-state index contributed by atoms with van der Waals surface area (Å²) in [5, 5.41) is 4.19. The van der Waals surface area contributed by atoms with Gasteiger partial charge in [0, 0.05) is 35.8 Å². The Labute approximate surface area is 128 Å². The summed E-state index contributed by atoms with van der Waals surface area (Å²) >= 11 is 2.10. The van der Waals surface area contributed by atoms with Gasteiger partial charge in [-0.3, -0.25) is 0 Å². The number of benzene rings is 1. The van der Waals surface area contributed by atoms with E-state index in [9.17, 15) is 0 Å². The monoisotopic (exact) mass is 292 g/mol. The van der Waals surface area contributed by atoms with Gasteiger partial charge in [-0.25, -0.2) is 0 Å². The van der Waals surface area contributed by atoms with Crippen LogP contribution in [0.25, 0.3) is 0 Å². The van der Waals surface area contributed by atoms with Gasteiger partial charge >= 0.3 is 0 Å². The second kappa shape index (κ2) is 7.37. The highest BCUT2D eigenvalue weighted by molar-refractivity contribution is 8.00. The first-order chi connectivity index (χ1) is 9.63. The first-order valence-corrected chi connectivity index (χ1v) is 8.87. The summed E-state index contributed by atoms with van der Waals surface area (Å²) in [5.41, 5.74) is 4.22. The fourth-order valence-electron chi connectivity index (χ4n) is 2.83. The van der Waals surface area contributed by atoms with E-state index in [-0.39, 0.29) is 0 Å². The van der Waals surface area contributed by atoms with Crippen molar-refractivity contribution < 1.29 is 0 Å². The number of thioether (sulfide) groups is 1. The molecule has 1 aliphatic heterocycles.